The van der Waals surface area contributed by atoms with Crippen molar-refractivity contribution in [3.8, 4) is 0 Å². The molecule has 2 unspecified atom stereocenters. The Morgan fingerprint density at radius 1 is 1.43 bits per heavy atom. The molecule has 1 rings (SSSR count). The fraction of sp³-hybridized carbons (Fsp3) is 0.778. The van der Waals surface area contributed by atoms with Crippen LogP contribution >= 0.6 is 11.8 Å². The van der Waals surface area contributed by atoms with Crippen molar-refractivity contribution in [1.29, 1.82) is 0 Å². The molecule has 0 aliphatic heterocycles. The van der Waals surface area contributed by atoms with Crippen LogP contribution in [0.3, 0.4) is 0 Å². The smallest absolute Gasteiger partial charge is 0.276 e. The number of nitrogens with two attached hydrogens (primary N) is 1. The Labute approximate surface area is 88.7 Å². The highest BCUT2D eigenvalue weighted by Crippen LogP contribution is 2.23. The van der Waals surface area contributed by atoms with Gasteiger partial charge in [0.05, 0.1) is 6.04 Å². The average Bonchev–Trinajstić information content (AvgIpc) is 2.64. The third-order valence-electron chi connectivity index (χ3n) is 2.23. The van der Waals surface area contributed by atoms with Crippen LogP contribution in [0.2, 0.25) is 0 Å². The normalized spacial score (nSPS) is 15.4. The minimum absolute atomic E-state index is 0.140. The predicted octanol–water partition coefficient (Wildman–Crippen LogP) is 2.23. The van der Waals surface area contributed by atoms with Crippen LogP contribution in [0.5, 0.6) is 0 Å². The van der Waals surface area contributed by atoms with Crippen LogP contribution in [0, 0.1) is 5.92 Å². The van der Waals surface area contributed by atoms with Crippen LogP contribution < -0.4 is 5.73 Å². The van der Waals surface area contributed by atoms with E-state index in [4.69, 9.17) is 10.2 Å². The molecule has 80 valence electrons. The molecule has 0 aliphatic carbocycles. The summed E-state index contributed by atoms with van der Waals surface area (Å²) in [6, 6.07) is -0.140. The van der Waals surface area contributed by atoms with Gasteiger partial charge in [0.1, 0.15) is 0 Å². The Morgan fingerprint density at radius 3 is 2.71 bits per heavy atom. The van der Waals surface area contributed by atoms with Gasteiger partial charge >= 0.3 is 0 Å². The van der Waals surface area contributed by atoms with Crippen molar-refractivity contribution in [3.63, 3.8) is 0 Å². The molecule has 0 saturated carbocycles. The summed E-state index contributed by atoms with van der Waals surface area (Å²) >= 11 is 1.54. The Morgan fingerprint density at radius 2 is 2.14 bits per heavy atom. The number of hydrogen-bond acceptors (Lipinski definition) is 5. The van der Waals surface area contributed by atoms with Crippen molar-refractivity contribution >= 4 is 11.8 Å². The predicted molar refractivity (Wildman–Crippen MR) is 57.1 cm³/mol. The molecule has 0 aliphatic rings. The van der Waals surface area contributed by atoms with E-state index in [0.29, 0.717) is 17.0 Å². The van der Waals surface area contributed by atoms with Crippen molar-refractivity contribution in [2.45, 2.75) is 38.5 Å². The fourth-order valence-electron chi connectivity index (χ4n) is 1.03. The molecule has 0 fully saturated rings. The van der Waals surface area contributed by atoms with Crippen LogP contribution in [0.15, 0.2) is 9.64 Å². The SMILES string of the molecule is CCSc1nnc(C(N)C(C)CC)o1. The number of aromatic nitrogens is 2. The highest BCUT2D eigenvalue weighted by atomic mass is 32.2. The van der Waals surface area contributed by atoms with Crippen LogP contribution in [-0.2, 0) is 0 Å². The molecule has 1 aromatic rings. The second-order valence-electron chi connectivity index (χ2n) is 3.25. The molecule has 1 aromatic heterocycles. The first-order chi connectivity index (χ1) is 6.69. The molecule has 14 heavy (non-hydrogen) atoms. The fourth-order valence-corrected chi connectivity index (χ4v) is 1.52. The van der Waals surface area contributed by atoms with Crippen molar-refractivity contribution in [2.24, 2.45) is 11.7 Å². The molecule has 0 aromatic carbocycles. The largest absolute Gasteiger partial charge is 0.414 e. The Balaban J connectivity index is 2.65. The standard InChI is InChI=1S/C9H17N3OS/c1-4-6(3)7(10)8-11-12-9(13-8)14-5-2/h6-7H,4-5,10H2,1-3H3. The monoisotopic (exact) mass is 215 g/mol. The summed E-state index contributed by atoms with van der Waals surface area (Å²) in [5.74, 6) is 1.85. The van der Waals surface area contributed by atoms with E-state index in [0.717, 1.165) is 12.2 Å². The van der Waals surface area contributed by atoms with Crippen molar-refractivity contribution < 1.29 is 4.42 Å². The molecule has 1 heterocycles. The van der Waals surface area contributed by atoms with E-state index >= 15 is 0 Å². The lowest BCUT2D eigenvalue weighted by Gasteiger charge is -2.13. The van der Waals surface area contributed by atoms with Crippen molar-refractivity contribution in [1.82, 2.24) is 10.2 Å². The summed E-state index contributed by atoms with van der Waals surface area (Å²) in [5.41, 5.74) is 5.95. The summed E-state index contributed by atoms with van der Waals surface area (Å²) in [7, 11) is 0. The average molecular weight is 215 g/mol. The van der Waals surface area contributed by atoms with E-state index in [9.17, 15) is 0 Å². The van der Waals surface area contributed by atoms with Gasteiger partial charge in [0, 0.05) is 0 Å². The number of rotatable bonds is 5. The van der Waals surface area contributed by atoms with E-state index in [-0.39, 0.29) is 6.04 Å². The summed E-state index contributed by atoms with van der Waals surface area (Å²) in [5, 5.41) is 8.46. The van der Waals surface area contributed by atoms with Gasteiger partial charge in [-0.2, -0.15) is 0 Å². The summed E-state index contributed by atoms with van der Waals surface area (Å²) in [6.45, 7) is 6.23. The van der Waals surface area contributed by atoms with Crippen LogP contribution in [0.25, 0.3) is 0 Å². The summed E-state index contributed by atoms with van der Waals surface area (Å²) in [6.07, 6.45) is 1.01. The molecule has 5 heteroatoms. The van der Waals surface area contributed by atoms with Crippen LogP contribution in [0.4, 0.5) is 0 Å². The minimum atomic E-state index is -0.140. The van der Waals surface area contributed by atoms with E-state index in [1.54, 1.807) is 0 Å². The van der Waals surface area contributed by atoms with E-state index in [2.05, 4.69) is 24.0 Å². The highest BCUT2D eigenvalue weighted by molar-refractivity contribution is 7.99. The zero-order valence-electron chi connectivity index (χ0n) is 8.86. The number of nitrogens with zero attached hydrogens (tertiary/aromatic N) is 2. The molecule has 2 atom stereocenters. The molecule has 0 bridgehead atoms. The Bertz CT molecular complexity index is 277. The van der Waals surface area contributed by atoms with Gasteiger partial charge in [-0.05, 0) is 11.7 Å². The molecule has 0 amide bonds. The van der Waals surface area contributed by atoms with E-state index in [1.807, 2.05) is 6.92 Å². The third-order valence-corrected chi connectivity index (χ3v) is 2.93. The molecular weight excluding hydrogens is 198 g/mol. The molecule has 0 radical (unpaired) electrons. The summed E-state index contributed by atoms with van der Waals surface area (Å²) < 4.78 is 5.42. The minimum Gasteiger partial charge on any atom is -0.414 e. The molecule has 4 nitrogen and oxygen atoms in total. The van der Waals surface area contributed by atoms with Gasteiger partial charge < -0.3 is 10.2 Å². The van der Waals surface area contributed by atoms with Crippen LogP contribution in [-0.4, -0.2) is 16.0 Å². The molecule has 0 spiro atoms. The zero-order chi connectivity index (χ0) is 10.6. The lowest BCUT2D eigenvalue weighted by atomic mass is 10.0. The topological polar surface area (TPSA) is 64.9 Å². The van der Waals surface area contributed by atoms with Crippen molar-refractivity contribution in [3.05, 3.63) is 5.89 Å². The first-order valence-electron chi connectivity index (χ1n) is 4.90. The lowest BCUT2D eigenvalue weighted by molar-refractivity contribution is 0.333. The molecule has 2 N–H and O–H groups in total. The van der Waals surface area contributed by atoms with Gasteiger partial charge in [0.25, 0.3) is 5.22 Å². The van der Waals surface area contributed by atoms with Gasteiger partial charge in [0.2, 0.25) is 5.89 Å². The zero-order valence-corrected chi connectivity index (χ0v) is 9.67. The lowest BCUT2D eigenvalue weighted by Crippen LogP contribution is -2.18. The highest BCUT2D eigenvalue weighted by Gasteiger charge is 2.19. The second-order valence-corrected chi connectivity index (χ2v) is 4.47. The maximum atomic E-state index is 5.95. The number of thioether (sulfide) groups is 1. The second kappa shape index (κ2) is 5.36. The van der Waals surface area contributed by atoms with Crippen LogP contribution in [0.1, 0.15) is 39.1 Å². The number of hydrogen-bond donors (Lipinski definition) is 1. The van der Waals surface area contributed by atoms with Gasteiger partial charge in [-0.1, -0.05) is 39.0 Å². The van der Waals surface area contributed by atoms with E-state index in [1.165, 1.54) is 11.8 Å². The van der Waals surface area contributed by atoms with Gasteiger partial charge in [-0.15, -0.1) is 10.2 Å². The van der Waals surface area contributed by atoms with E-state index < -0.39 is 0 Å². The van der Waals surface area contributed by atoms with Gasteiger partial charge in [0.15, 0.2) is 0 Å². The quantitative estimate of drug-likeness (QED) is 0.763. The maximum absolute atomic E-state index is 5.95. The Hall–Kier alpha value is -0.550. The molecular formula is C9H17N3OS. The molecule has 0 saturated heterocycles. The van der Waals surface area contributed by atoms with Crippen molar-refractivity contribution in [2.75, 3.05) is 5.75 Å². The maximum Gasteiger partial charge on any atom is 0.276 e. The Kier molecular flexibility index (Phi) is 4.41. The first kappa shape index (κ1) is 11.5. The van der Waals surface area contributed by atoms with Gasteiger partial charge in [-0.25, -0.2) is 0 Å². The first-order valence-corrected chi connectivity index (χ1v) is 5.89. The third kappa shape index (κ3) is 2.72. The van der Waals surface area contributed by atoms with Gasteiger partial charge in [-0.3, -0.25) is 0 Å². The summed E-state index contributed by atoms with van der Waals surface area (Å²) in [4.78, 5) is 0.